The number of carbonyl (C=O) groups is 3. The Balaban J connectivity index is 1.92. The van der Waals surface area contributed by atoms with Crippen LogP contribution in [0.2, 0.25) is 0 Å². The maximum Gasteiger partial charge on any atom is 0.410 e. The van der Waals surface area contributed by atoms with Crippen molar-refractivity contribution < 1.29 is 33.0 Å². The van der Waals surface area contributed by atoms with Gasteiger partial charge in [-0.05, 0) is 51.3 Å². The summed E-state index contributed by atoms with van der Waals surface area (Å²) in [6.07, 6.45) is 0.144. The van der Waals surface area contributed by atoms with E-state index in [1.54, 1.807) is 37.8 Å². The normalized spacial score (nSPS) is 21.6. The molecule has 0 unspecified atom stereocenters. The zero-order chi connectivity index (χ0) is 22.3. The Morgan fingerprint density at radius 3 is 2.03 bits per heavy atom. The van der Waals surface area contributed by atoms with Crippen molar-refractivity contribution in [1.29, 1.82) is 0 Å². The third kappa shape index (κ3) is 4.42. The van der Waals surface area contributed by atoms with Crippen molar-refractivity contribution in [3.63, 3.8) is 0 Å². The van der Waals surface area contributed by atoms with E-state index in [0.29, 0.717) is 18.4 Å². The third-order valence-electron chi connectivity index (χ3n) is 5.44. The standard InChI is InChI=1S/C22H28FNO6/c1-20(2,3)30-19(27)24-12-10-22(11-13-24,14-6-8-15(23)9-7-14)16-17(25)28-21(4,5)29-18(16)26/h6-9,16H,10-13H2,1-5H3. The Hall–Kier alpha value is -2.64. The first-order valence-electron chi connectivity index (χ1n) is 10.0. The molecule has 2 fully saturated rings. The van der Waals surface area contributed by atoms with Crippen LogP contribution in [0.5, 0.6) is 0 Å². The van der Waals surface area contributed by atoms with Gasteiger partial charge in [0.05, 0.1) is 0 Å². The van der Waals surface area contributed by atoms with Gasteiger partial charge in [0, 0.05) is 32.4 Å². The molecule has 2 heterocycles. The van der Waals surface area contributed by atoms with Crippen LogP contribution in [0.15, 0.2) is 24.3 Å². The van der Waals surface area contributed by atoms with Gasteiger partial charge in [0.2, 0.25) is 0 Å². The minimum atomic E-state index is -1.34. The summed E-state index contributed by atoms with van der Waals surface area (Å²) < 4.78 is 29.7. The molecular formula is C22H28FNO6. The summed E-state index contributed by atoms with van der Waals surface area (Å²) in [6.45, 7) is 8.89. The van der Waals surface area contributed by atoms with E-state index in [1.807, 2.05) is 0 Å². The quantitative estimate of drug-likeness (QED) is 0.537. The van der Waals surface area contributed by atoms with Gasteiger partial charge >= 0.3 is 18.0 Å². The minimum absolute atomic E-state index is 0.271. The molecular weight excluding hydrogens is 393 g/mol. The second kappa shape index (κ2) is 7.56. The first kappa shape index (κ1) is 22.1. The Labute approximate surface area is 175 Å². The molecule has 0 atom stereocenters. The van der Waals surface area contributed by atoms with Crippen LogP contribution in [0.4, 0.5) is 9.18 Å². The Morgan fingerprint density at radius 1 is 1.07 bits per heavy atom. The molecule has 0 bridgehead atoms. The van der Waals surface area contributed by atoms with Gasteiger partial charge in [-0.2, -0.15) is 0 Å². The van der Waals surface area contributed by atoms with E-state index in [4.69, 9.17) is 14.2 Å². The SMILES string of the molecule is CC(C)(C)OC(=O)N1CCC(c2ccc(F)cc2)(C2C(=O)OC(C)(C)OC2=O)CC1. The van der Waals surface area contributed by atoms with Crippen LogP contribution in [0.3, 0.4) is 0 Å². The molecule has 2 saturated heterocycles. The maximum atomic E-state index is 13.5. The summed E-state index contributed by atoms with van der Waals surface area (Å²) in [5, 5.41) is 0. The van der Waals surface area contributed by atoms with Crippen molar-refractivity contribution in [3.8, 4) is 0 Å². The monoisotopic (exact) mass is 421 g/mol. The fourth-order valence-electron chi connectivity index (χ4n) is 4.11. The Kier molecular flexibility index (Phi) is 5.56. The number of likely N-dealkylation sites (tertiary alicyclic amines) is 1. The number of esters is 2. The largest absolute Gasteiger partial charge is 0.444 e. The smallest absolute Gasteiger partial charge is 0.410 e. The number of halogens is 1. The maximum absolute atomic E-state index is 13.5. The Bertz CT molecular complexity index is 814. The Morgan fingerprint density at radius 2 is 1.57 bits per heavy atom. The fourth-order valence-corrected chi connectivity index (χ4v) is 4.11. The molecule has 0 N–H and O–H groups in total. The number of benzene rings is 1. The number of nitrogens with zero attached hydrogens (tertiary/aromatic N) is 1. The van der Waals surface area contributed by atoms with Crippen LogP contribution >= 0.6 is 0 Å². The van der Waals surface area contributed by atoms with Crippen LogP contribution < -0.4 is 0 Å². The van der Waals surface area contributed by atoms with E-state index in [0.717, 1.165) is 0 Å². The number of rotatable bonds is 2. The van der Waals surface area contributed by atoms with Crippen LogP contribution in [0.25, 0.3) is 0 Å². The van der Waals surface area contributed by atoms with Crippen LogP contribution in [-0.2, 0) is 29.2 Å². The molecule has 0 radical (unpaired) electrons. The summed E-state index contributed by atoms with van der Waals surface area (Å²) in [6, 6.07) is 5.72. The van der Waals surface area contributed by atoms with Gasteiger partial charge < -0.3 is 19.1 Å². The van der Waals surface area contributed by atoms with Gasteiger partial charge in [-0.15, -0.1) is 0 Å². The summed E-state index contributed by atoms with van der Waals surface area (Å²) in [4.78, 5) is 39.8. The highest BCUT2D eigenvalue weighted by Gasteiger charge is 2.56. The lowest BCUT2D eigenvalue weighted by atomic mass is 9.64. The lowest BCUT2D eigenvalue weighted by Gasteiger charge is -2.47. The molecule has 1 aromatic carbocycles. The number of ether oxygens (including phenoxy) is 3. The number of cyclic esters (lactones) is 2. The van der Waals surface area contributed by atoms with E-state index in [1.165, 1.54) is 26.0 Å². The molecule has 7 nitrogen and oxygen atoms in total. The first-order valence-corrected chi connectivity index (χ1v) is 10.0. The van der Waals surface area contributed by atoms with E-state index in [9.17, 15) is 18.8 Å². The van der Waals surface area contributed by atoms with Crippen molar-refractivity contribution in [2.75, 3.05) is 13.1 Å². The predicted molar refractivity (Wildman–Crippen MR) is 105 cm³/mol. The second-order valence-electron chi connectivity index (χ2n) is 9.31. The van der Waals surface area contributed by atoms with Gasteiger partial charge in [0.1, 0.15) is 11.4 Å². The van der Waals surface area contributed by atoms with Gasteiger partial charge in [-0.1, -0.05) is 12.1 Å². The molecule has 0 saturated carbocycles. The highest BCUT2D eigenvalue weighted by molar-refractivity contribution is 5.98. The van der Waals surface area contributed by atoms with Gasteiger partial charge in [-0.3, -0.25) is 9.59 Å². The second-order valence-corrected chi connectivity index (χ2v) is 9.31. The van der Waals surface area contributed by atoms with Crippen molar-refractivity contribution in [2.45, 2.75) is 64.3 Å². The zero-order valence-corrected chi connectivity index (χ0v) is 18.0. The van der Waals surface area contributed by atoms with Crippen molar-refractivity contribution in [1.82, 2.24) is 4.90 Å². The van der Waals surface area contributed by atoms with E-state index >= 15 is 0 Å². The van der Waals surface area contributed by atoms with Crippen molar-refractivity contribution in [2.24, 2.45) is 5.92 Å². The fraction of sp³-hybridized carbons (Fsp3) is 0.591. The summed E-state index contributed by atoms with van der Waals surface area (Å²) in [7, 11) is 0. The molecule has 0 aliphatic carbocycles. The number of carbonyl (C=O) groups excluding carboxylic acids is 3. The van der Waals surface area contributed by atoms with Gasteiger partial charge in [-0.25, -0.2) is 9.18 Å². The highest BCUT2D eigenvalue weighted by atomic mass is 19.1. The molecule has 3 rings (SSSR count). The molecule has 0 aromatic heterocycles. The number of amides is 1. The number of hydrogen-bond acceptors (Lipinski definition) is 6. The molecule has 1 aromatic rings. The number of piperidine rings is 1. The van der Waals surface area contributed by atoms with Gasteiger partial charge in [0.15, 0.2) is 5.92 Å². The molecule has 164 valence electrons. The summed E-state index contributed by atoms with van der Waals surface area (Å²) in [5.41, 5.74) is -0.978. The topological polar surface area (TPSA) is 82.1 Å². The van der Waals surface area contributed by atoms with Gasteiger partial charge in [0.25, 0.3) is 5.79 Å². The highest BCUT2D eigenvalue weighted by Crippen LogP contribution is 2.46. The lowest BCUT2D eigenvalue weighted by Crippen LogP contribution is -2.58. The molecule has 2 aliphatic heterocycles. The van der Waals surface area contributed by atoms with Crippen molar-refractivity contribution in [3.05, 3.63) is 35.6 Å². The molecule has 2 aliphatic rings. The lowest BCUT2D eigenvalue weighted by molar-refractivity contribution is -0.244. The zero-order valence-electron chi connectivity index (χ0n) is 18.0. The van der Waals surface area contributed by atoms with Crippen LogP contribution in [0, 0.1) is 11.7 Å². The average molecular weight is 421 g/mol. The molecule has 8 heteroatoms. The minimum Gasteiger partial charge on any atom is -0.444 e. The predicted octanol–water partition coefficient (Wildman–Crippen LogP) is 3.55. The molecule has 1 amide bonds. The summed E-state index contributed by atoms with van der Waals surface area (Å²) >= 11 is 0. The van der Waals surface area contributed by atoms with E-state index < -0.39 is 46.6 Å². The van der Waals surface area contributed by atoms with E-state index in [2.05, 4.69) is 0 Å². The molecule has 0 spiro atoms. The molecule has 30 heavy (non-hydrogen) atoms. The number of hydrogen-bond donors (Lipinski definition) is 0. The third-order valence-corrected chi connectivity index (χ3v) is 5.44. The first-order chi connectivity index (χ1) is 13.8. The summed E-state index contributed by atoms with van der Waals surface area (Å²) in [5.74, 6) is -4.31. The van der Waals surface area contributed by atoms with Crippen LogP contribution in [0.1, 0.15) is 53.0 Å². The average Bonchev–Trinajstić information content (AvgIpc) is 2.59. The van der Waals surface area contributed by atoms with Crippen LogP contribution in [-0.4, -0.2) is 47.4 Å². The van der Waals surface area contributed by atoms with Crippen molar-refractivity contribution >= 4 is 18.0 Å². The van der Waals surface area contributed by atoms with E-state index in [-0.39, 0.29) is 13.1 Å².